The van der Waals surface area contributed by atoms with Crippen molar-refractivity contribution in [2.75, 3.05) is 0 Å². The zero-order chi connectivity index (χ0) is 6.85. The minimum absolute atomic E-state index is 0.398. The smallest absolute Gasteiger partial charge is 0.133 e. The normalized spacial score (nSPS) is 28.8. The van der Waals surface area contributed by atoms with Crippen molar-refractivity contribution in [3.63, 3.8) is 0 Å². The maximum atomic E-state index is 10.8. The van der Waals surface area contributed by atoms with Gasteiger partial charge in [0.1, 0.15) is 5.78 Å². The lowest BCUT2D eigenvalue weighted by Crippen LogP contribution is -2.13. The number of carbonyl (C=O) groups excluding carboxylic acids is 1. The molecule has 0 saturated heterocycles. The molecule has 1 fully saturated rings. The van der Waals surface area contributed by atoms with Gasteiger partial charge in [-0.15, -0.1) is 0 Å². The molecule has 1 saturated carbocycles. The van der Waals surface area contributed by atoms with E-state index in [2.05, 4.69) is 13.5 Å². The molecule has 1 aliphatic carbocycles. The minimum Gasteiger partial charge on any atom is -0.300 e. The molecule has 9 heavy (non-hydrogen) atoms. The molecular formula is C8H12O. The lowest BCUT2D eigenvalue weighted by atomic mass is 9.86. The van der Waals surface area contributed by atoms with Crippen molar-refractivity contribution in [2.24, 2.45) is 5.92 Å². The molecule has 0 heterocycles. The largest absolute Gasteiger partial charge is 0.300 e. The molecule has 0 aromatic rings. The number of carbonyl (C=O) groups is 1. The van der Waals surface area contributed by atoms with E-state index >= 15 is 0 Å². The number of hydrogen-bond acceptors (Lipinski definition) is 1. The molecule has 0 N–H and O–H groups in total. The molecule has 0 aliphatic heterocycles. The summed E-state index contributed by atoms with van der Waals surface area (Å²) in [6.45, 7) is 5.95. The van der Waals surface area contributed by atoms with Gasteiger partial charge in [-0.2, -0.15) is 0 Å². The molecule has 1 unspecified atom stereocenters. The molecule has 0 amide bonds. The second-order valence-corrected chi connectivity index (χ2v) is 2.80. The van der Waals surface area contributed by atoms with Crippen LogP contribution in [0.3, 0.4) is 0 Å². The fraction of sp³-hybridized carbons (Fsp3) is 0.625. The highest BCUT2D eigenvalue weighted by Crippen LogP contribution is 2.24. The first-order chi connectivity index (χ1) is 4.20. The van der Waals surface area contributed by atoms with Gasteiger partial charge in [-0.3, -0.25) is 4.79 Å². The molecule has 1 aliphatic rings. The van der Waals surface area contributed by atoms with E-state index in [1.807, 2.05) is 0 Å². The predicted octanol–water partition coefficient (Wildman–Crippen LogP) is 1.93. The molecular weight excluding hydrogens is 112 g/mol. The number of rotatable bonds is 0. The summed E-state index contributed by atoms with van der Waals surface area (Å²) in [6.07, 6.45) is 2.36. The lowest BCUT2D eigenvalue weighted by molar-refractivity contribution is -0.120. The Balaban J connectivity index is 2.54. The van der Waals surface area contributed by atoms with Gasteiger partial charge in [0.15, 0.2) is 0 Å². The standard InChI is InChI=1S/C8H12O/c1-6-3-4-8(9)5-7(6)2/h7H,1,3-5H2,2H3. The van der Waals surface area contributed by atoms with Crippen molar-refractivity contribution in [1.29, 1.82) is 0 Å². The van der Waals surface area contributed by atoms with Crippen molar-refractivity contribution in [1.82, 2.24) is 0 Å². The molecule has 0 spiro atoms. The Bertz CT molecular complexity index is 147. The van der Waals surface area contributed by atoms with Crippen LogP contribution in [0.15, 0.2) is 12.2 Å². The molecule has 0 aromatic heterocycles. The van der Waals surface area contributed by atoms with E-state index in [0.29, 0.717) is 11.7 Å². The summed E-state index contributed by atoms with van der Waals surface area (Å²) in [5, 5.41) is 0. The van der Waals surface area contributed by atoms with E-state index in [4.69, 9.17) is 0 Å². The van der Waals surface area contributed by atoms with Gasteiger partial charge in [0.2, 0.25) is 0 Å². The van der Waals surface area contributed by atoms with Crippen LogP contribution in [0.2, 0.25) is 0 Å². The monoisotopic (exact) mass is 124 g/mol. The third-order valence-corrected chi connectivity index (χ3v) is 1.96. The highest BCUT2D eigenvalue weighted by Gasteiger charge is 2.17. The summed E-state index contributed by atoms with van der Waals surface area (Å²) in [4.78, 5) is 10.8. The maximum absolute atomic E-state index is 10.8. The fourth-order valence-electron chi connectivity index (χ4n) is 1.13. The Morgan fingerprint density at radius 3 is 2.67 bits per heavy atom. The van der Waals surface area contributed by atoms with Gasteiger partial charge in [0.25, 0.3) is 0 Å². The summed E-state index contributed by atoms with van der Waals surface area (Å²) in [5.74, 6) is 0.834. The van der Waals surface area contributed by atoms with Crippen molar-refractivity contribution in [3.8, 4) is 0 Å². The quantitative estimate of drug-likeness (QED) is 0.451. The fourth-order valence-corrected chi connectivity index (χ4v) is 1.13. The number of Topliss-reactive ketones (excluding diaryl/α,β-unsaturated/α-hetero) is 1. The lowest BCUT2D eigenvalue weighted by Gasteiger charge is -2.18. The molecule has 1 nitrogen and oxygen atoms in total. The van der Waals surface area contributed by atoms with Gasteiger partial charge in [0, 0.05) is 12.8 Å². The van der Waals surface area contributed by atoms with E-state index in [9.17, 15) is 4.79 Å². The minimum atomic E-state index is 0.398. The summed E-state index contributed by atoms with van der Waals surface area (Å²) in [7, 11) is 0. The van der Waals surface area contributed by atoms with Crippen LogP contribution in [-0.2, 0) is 4.79 Å². The van der Waals surface area contributed by atoms with E-state index in [-0.39, 0.29) is 0 Å². The zero-order valence-electron chi connectivity index (χ0n) is 5.81. The average molecular weight is 124 g/mol. The molecule has 0 bridgehead atoms. The van der Waals surface area contributed by atoms with Crippen LogP contribution in [0.4, 0.5) is 0 Å². The zero-order valence-corrected chi connectivity index (χ0v) is 5.81. The Hall–Kier alpha value is -0.590. The van der Waals surface area contributed by atoms with Gasteiger partial charge in [0.05, 0.1) is 0 Å². The van der Waals surface area contributed by atoms with E-state index in [1.54, 1.807) is 0 Å². The highest BCUT2D eigenvalue weighted by atomic mass is 16.1. The van der Waals surface area contributed by atoms with Gasteiger partial charge >= 0.3 is 0 Å². The molecule has 0 aromatic carbocycles. The first-order valence-electron chi connectivity index (χ1n) is 3.39. The van der Waals surface area contributed by atoms with Crippen molar-refractivity contribution >= 4 is 5.78 Å². The Labute approximate surface area is 55.8 Å². The summed E-state index contributed by atoms with van der Waals surface area (Å²) < 4.78 is 0. The van der Waals surface area contributed by atoms with Crippen LogP contribution in [-0.4, -0.2) is 5.78 Å². The van der Waals surface area contributed by atoms with Crippen molar-refractivity contribution in [2.45, 2.75) is 26.2 Å². The second kappa shape index (κ2) is 2.34. The second-order valence-electron chi connectivity index (χ2n) is 2.80. The van der Waals surface area contributed by atoms with E-state index in [0.717, 1.165) is 19.3 Å². The molecule has 1 heteroatoms. The van der Waals surface area contributed by atoms with Crippen molar-refractivity contribution in [3.05, 3.63) is 12.2 Å². The third kappa shape index (κ3) is 1.41. The van der Waals surface area contributed by atoms with Crippen molar-refractivity contribution < 1.29 is 4.79 Å². The SMILES string of the molecule is C=C1CCC(=O)CC1C. The van der Waals surface area contributed by atoms with Crippen LogP contribution in [0.5, 0.6) is 0 Å². The first kappa shape index (κ1) is 6.53. The van der Waals surface area contributed by atoms with Crippen LogP contribution < -0.4 is 0 Å². The van der Waals surface area contributed by atoms with E-state index in [1.165, 1.54) is 5.57 Å². The topological polar surface area (TPSA) is 17.1 Å². The predicted molar refractivity (Wildman–Crippen MR) is 37.2 cm³/mol. The maximum Gasteiger partial charge on any atom is 0.133 e. The highest BCUT2D eigenvalue weighted by molar-refractivity contribution is 5.80. The Morgan fingerprint density at radius 2 is 2.22 bits per heavy atom. The summed E-state index contributed by atoms with van der Waals surface area (Å²) in [6, 6.07) is 0. The van der Waals surface area contributed by atoms with Crippen LogP contribution >= 0.6 is 0 Å². The van der Waals surface area contributed by atoms with E-state index < -0.39 is 0 Å². The number of allylic oxidation sites excluding steroid dienone is 1. The Morgan fingerprint density at radius 1 is 1.56 bits per heavy atom. The van der Waals surface area contributed by atoms with Gasteiger partial charge in [-0.05, 0) is 12.3 Å². The van der Waals surface area contributed by atoms with Gasteiger partial charge < -0.3 is 0 Å². The molecule has 50 valence electrons. The molecule has 1 atom stereocenters. The summed E-state index contributed by atoms with van der Waals surface area (Å²) >= 11 is 0. The van der Waals surface area contributed by atoms with Crippen LogP contribution in [0, 0.1) is 5.92 Å². The first-order valence-corrected chi connectivity index (χ1v) is 3.39. The molecule has 1 rings (SSSR count). The third-order valence-electron chi connectivity index (χ3n) is 1.96. The van der Waals surface area contributed by atoms with Gasteiger partial charge in [-0.1, -0.05) is 19.1 Å². The van der Waals surface area contributed by atoms with Gasteiger partial charge in [-0.25, -0.2) is 0 Å². The number of ketones is 1. The average Bonchev–Trinajstić information content (AvgIpc) is 1.80. The van der Waals surface area contributed by atoms with Crippen LogP contribution in [0.25, 0.3) is 0 Å². The van der Waals surface area contributed by atoms with Crippen LogP contribution in [0.1, 0.15) is 26.2 Å². The number of hydrogen-bond donors (Lipinski definition) is 0. The Kier molecular flexibility index (Phi) is 1.70. The summed E-state index contributed by atoms with van der Waals surface area (Å²) in [5.41, 5.74) is 1.25. The molecule has 0 radical (unpaired) electrons.